The molecule has 2 amide bonds. The van der Waals surface area contributed by atoms with Gasteiger partial charge in [0.15, 0.2) is 0 Å². The first kappa shape index (κ1) is 31.6. The summed E-state index contributed by atoms with van der Waals surface area (Å²) in [4.78, 5) is 29.4. The minimum Gasteiger partial charge on any atom is -0.497 e. The average molecular weight is 620 g/mol. The summed E-state index contributed by atoms with van der Waals surface area (Å²) in [5.41, 5.74) is 1.80. The van der Waals surface area contributed by atoms with Crippen LogP contribution in [0.3, 0.4) is 0 Å². The Bertz CT molecular complexity index is 1630. The summed E-state index contributed by atoms with van der Waals surface area (Å²) in [6.45, 7) is 1.65. The maximum atomic E-state index is 14.4. The fourth-order valence-electron chi connectivity index (χ4n) is 4.69. The van der Waals surface area contributed by atoms with Crippen LogP contribution in [0.4, 0.5) is 5.69 Å². The van der Waals surface area contributed by atoms with E-state index in [0.717, 1.165) is 15.4 Å². The number of anilines is 1. The number of benzene rings is 4. The molecule has 0 aliphatic rings. The lowest BCUT2D eigenvalue weighted by Crippen LogP contribution is -2.53. The minimum absolute atomic E-state index is 0.0201. The standard InChI is InChI=1S/C33H34ClN3O5S/c1-3-35-33(39)31(21-25-12-6-4-7-13-25)36(23-26-14-10-17-29(20-26)42-2)32(38)24-37(28-16-11-15-27(34)22-28)43(40,41)30-18-8-5-9-19-30/h4-20,22,31H,3,21,23-24H2,1-2H3,(H,35,39). The van der Waals surface area contributed by atoms with E-state index < -0.39 is 28.5 Å². The Balaban J connectivity index is 1.80. The van der Waals surface area contributed by atoms with E-state index in [1.54, 1.807) is 68.6 Å². The molecule has 0 aromatic heterocycles. The number of methoxy groups -OCH3 is 1. The molecule has 1 unspecified atom stereocenters. The minimum atomic E-state index is -4.19. The molecule has 0 saturated heterocycles. The maximum absolute atomic E-state index is 14.4. The van der Waals surface area contributed by atoms with Crippen LogP contribution in [0, 0.1) is 0 Å². The molecule has 4 aromatic rings. The third-order valence-corrected chi connectivity index (χ3v) is 8.84. The molecule has 0 radical (unpaired) electrons. The fraction of sp³-hybridized carbons (Fsp3) is 0.212. The van der Waals surface area contributed by atoms with Crippen molar-refractivity contribution in [1.82, 2.24) is 10.2 Å². The first-order valence-electron chi connectivity index (χ1n) is 13.8. The molecule has 4 aromatic carbocycles. The number of likely N-dealkylation sites (N-methyl/N-ethyl adjacent to an activating group) is 1. The van der Waals surface area contributed by atoms with Crippen molar-refractivity contribution in [3.05, 3.63) is 125 Å². The molecule has 0 fully saturated rings. The highest BCUT2D eigenvalue weighted by atomic mass is 35.5. The monoisotopic (exact) mass is 619 g/mol. The van der Waals surface area contributed by atoms with Gasteiger partial charge in [-0.1, -0.05) is 78.3 Å². The number of carbonyl (C=O) groups excluding carboxylic acids is 2. The number of hydrogen-bond acceptors (Lipinski definition) is 5. The molecule has 0 bridgehead atoms. The van der Waals surface area contributed by atoms with Gasteiger partial charge in [-0.15, -0.1) is 0 Å². The van der Waals surface area contributed by atoms with Gasteiger partial charge in [0.1, 0.15) is 18.3 Å². The highest BCUT2D eigenvalue weighted by Gasteiger charge is 2.34. The van der Waals surface area contributed by atoms with Crippen LogP contribution in [0.1, 0.15) is 18.1 Å². The molecule has 0 spiro atoms. The van der Waals surface area contributed by atoms with Crippen LogP contribution in [-0.4, -0.2) is 51.4 Å². The Morgan fingerprint density at radius 3 is 2.16 bits per heavy atom. The van der Waals surface area contributed by atoms with E-state index in [1.165, 1.54) is 23.1 Å². The molecular weight excluding hydrogens is 586 g/mol. The van der Waals surface area contributed by atoms with Crippen LogP contribution in [0.15, 0.2) is 114 Å². The zero-order chi connectivity index (χ0) is 30.8. The van der Waals surface area contributed by atoms with Gasteiger partial charge in [-0.2, -0.15) is 0 Å². The predicted octanol–water partition coefficient (Wildman–Crippen LogP) is 5.32. The summed E-state index contributed by atoms with van der Waals surface area (Å²) < 4.78 is 34.3. The van der Waals surface area contributed by atoms with Crippen LogP contribution in [0.2, 0.25) is 5.02 Å². The van der Waals surface area contributed by atoms with Gasteiger partial charge < -0.3 is 15.0 Å². The summed E-state index contributed by atoms with van der Waals surface area (Å²) in [5.74, 6) is -0.313. The molecule has 1 atom stereocenters. The Morgan fingerprint density at radius 1 is 0.860 bits per heavy atom. The predicted molar refractivity (Wildman–Crippen MR) is 169 cm³/mol. The number of carbonyl (C=O) groups is 2. The molecule has 8 nitrogen and oxygen atoms in total. The third kappa shape index (κ3) is 8.15. The number of ether oxygens (including phenoxy) is 1. The Hall–Kier alpha value is -4.34. The van der Waals surface area contributed by atoms with Gasteiger partial charge in [0.2, 0.25) is 11.8 Å². The van der Waals surface area contributed by atoms with E-state index in [9.17, 15) is 18.0 Å². The van der Waals surface area contributed by atoms with Crippen LogP contribution in [0.5, 0.6) is 5.75 Å². The topological polar surface area (TPSA) is 96.0 Å². The van der Waals surface area contributed by atoms with Crippen molar-refractivity contribution < 1.29 is 22.7 Å². The Kier molecular flexibility index (Phi) is 10.8. The van der Waals surface area contributed by atoms with Gasteiger partial charge in [0, 0.05) is 24.5 Å². The fourth-order valence-corrected chi connectivity index (χ4v) is 6.30. The highest BCUT2D eigenvalue weighted by molar-refractivity contribution is 7.92. The average Bonchev–Trinajstić information content (AvgIpc) is 3.02. The molecule has 0 aliphatic carbocycles. The second kappa shape index (κ2) is 14.7. The number of amides is 2. The van der Waals surface area contributed by atoms with Crippen LogP contribution < -0.4 is 14.4 Å². The zero-order valence-corrected chi connectivity index (χ0v) is 25.6. The molecule has 4 rings (SSSR count). The molecular formula is C33H34ClN3O5S. The Morgan fingerprint density at radius 2 is 1.51 bits per heavy atom. The number of hydrogen-bond donors (Lipinski definition) is 1. The SMILES string of the molecule is CCNC(=O)C(Cc1ccccc1)N(Cc1cccc(OC)c1)C(=O)CN(c1cccc(Cl)c1)S(=O)(=O)c1ccccc1. The van der Waals surface area contributed by atoms with Crippen molar-refractivity contribution in [2.24, 2.45) is 0 Å². The summed E-state index contributed by atoms with van der Waals surface area (Å²) in [7, 11) is -2.64. The maximum Gasteiger partial charge on any atom is 0.264 e. The molecule has 0 heterocycles. The van der Waals surface area contributed by atoms with Crippen molar-refractivity contribution in [3.8, 4) is 5.75 Å². The van der Waals surface area contributed by atoms with E-state index in [0.29, 0.717) is 17.3 Å². The van der Waals surface area contributed by atoms with E-state index in [2.05, 4.69) is 5.32 Å². The van der Waals surface area contributed by atoms with Crippen molar-refractivity contribution in [2.45, 2.75) is 30.8 Å². The van der Waals surface area contributed by atoms with Crippen LogP contribution >= 0.6 is 11.6 Å². The van der Waals surface area contributed by atoms with Crippen molar-refractivity contribution in [2.75, 3.05) is 24.5 Å². The van der Waals surface area contributed by atoms with Gasteiger partial charge in [0.25, 0.3) is 10.0 Å². The smallest absolute Gasteiger partial charge is 0.264 e. The summed E-state index contributed by atoms with van der Waals surface area (Å²) in [5, 5.41) is 3.17. The first-order valence-corrected chi connectivity index (χ1v) is 15.6. The second-order valence-electron chi connectivity index (χ2n) is 9.78. The first-order chi connectivity index (χ1) is 20.7. The van der Waals surface area contributed by atoms with Gasteiger partial charge in [-0.3, -0.25) is 13.9 Å². The highest BCUT2D eigenvalue weighted by Crippen LogP contribution is 2.27. The van der Waals surface area contributed by atoms with Crippen LogP contribution in [0.25, 0.3) is 0 Å². The van der Waals surface area contributed by atoms with Gasteiger partial charge in [-0.25, -0.2) is 8.42 Å². The molecule has 43 heavy (non-hydrogen) atoms. The largest absolute Gasteiger partial charge is 0.497 e. The van der Waals surface area contributed by atoms with E-state index >= 15 is 0 Å². The zero-order valence-electron chi connectivity index (χ0n) is 24.0. The van der Waals surface area contributed by atoms with E-state index in [4.69, 9.17) is 16.3 Å². The number of sulfonamides is 1. The number of halogens is 1. The summed E-state index contributed by atoms with van der Waals surface area (Å²) >= 11 is 6.26. The van der Waals surface area contributed by atoms with Gasteiger partial charge in [0.05, 0.1) is 17.7 Å². The summed E-state index contributed by atoms with van der Waals surface area (Å²) in [6, 6.07) is 29.9. The van der Waals surface area contributed by atoms with Gasteiger partial charge in [-0.05, 0) is 60.5 Å². The Labute approximate surface area is 257 Å². The molecule has 0 aliphatic heterocycles. The number of nitrogens with one attached hydrogen (secondary N) is 1. The summed E-state index contributed by atoms with van der Waals surface area (Å²) in [6.07, 6.45) is 0.227. The number of rotatable bonds is 13. The normalized spacial score (nSPS) is 11.8. The quantitative estimate of drug-likeness (QED) is 0.219. The van der Waals surface area contributed by atoms with Crippen LogP contribution in [-0.2, 0) is 32.6 Å². The van der Waals surface area contributed by atoms with Gasteiger partial charge >= 0.3 is 0 Å². The lowest BCUT2D eigenvalue weighted by Gasteiger charge is -2.34. The molecule has 1 N–H and O–H groups in total. The molecule has 224 valence electrons. The van der Waals surface area contributed by atoms with Crippen molar-refractivity contribution >= 4 is 39.1 Å². The lowest BCUT2D eigenvalue weighted by molar-refractivity contribution is -0.140. The van der Waals surface area contributed by atoms with E-state index in [-0.39, 0.29) is 29.5 Å². The number of nitrogens with zero attached hydrogens (tertiary/aromatic N) is 2. The van der Waals surface area contributed by atoms with Crippen molar-refractivity contribution in [3.63, 3.8) is 0 Å². The lowest BCUT2D eigenvalue weighted by atomic mass is 10.0. The molecule has 10 heteroatoms. The third-order valence-electron chi connectivity index (χ3n) is 6.82. The second-order valence-corrected chi connectivity index (χ2v) is 12.1. The molecule has 0 saturated carbocycles. The van der Waals surface area contributed by atoms with E-state index in [1.807, 2.05) is 36.4 Å². The van der Waals surface area contributed by atoms with Crippen molar-refractivity contribution in [1.29, 1.82) is 0 Å².